The van der Waals surface area contributed by atoms with E-state index in [9.17, 15) is 0 Å². The highest BCUT2D eigenvalue weighted by Gasteiger charge is 2.00. The molecular formula is C10H13NO2. The Labute approximate surface area is 76.6 Å². The van der Waals surface area contributed by atoms with E-state index in [-0.39, 0.29) is 0 Å². The number of rotatable bonds is 0. The lowest BCUT2D eigenvalue weighted by Crippen LogP contribution is -1.70. The molecule has 0 bridgehead atoms. The molecule has 0 aliphatic rings. The van der Waals surface area contributed by atoms with Crippen molar-refractivity contribution in [2.45, 2.75) is 13.8 Å². The van der Waals surface area contributed by atoms with Gasteiger partial charge >= 0.3 is 0 Å². The van der Waals surface area contributed by atoms with E-state index in [1.807, 2.05) is 0 Å². The van der Waals surface area contributed by atoms with Crippen LogP contribution in [-0.4, -0.2) is 15.5 Å². The van der Waals surface area contributed by atoms with Crippen LogP contribution < -0.4 is 0 Å². The Bertz CT molecular complexity index is 393. The van der Waals surface area contributed by atoms with E-state index in [4.69, 9.17) is 10.5 Å². The van der Waals surface area contributed by atoms with Gasteiger partial charge in [-0.05, 0) is 25.5 Å². The van der Waals surface area contributed by atoms with E-state index >= 15 is 0 Å². The summed E-state index contributed by atoms with van der Waals surface area (Å²) in [6.07, 6.45) is 0. The number of hydrogen-bond acceptors (Lipinski definition) is 2. The molecule has 13 heavy (non-hydrogen) atoms. The van der Waals surface area contributed by atoms with E-state index in [0.717, 1.165) is 0 Å². The molecule has 3 heteroatoms. The second-order valence-electron chi connectivity index (χ2n) is 2.92. The van der Waals surface area contributed by atoms with Crippen molar-refractivity contribution >= 4 is 10.9 Å². The van der Waals surface area contributed by atoms with Crippen molar-refractivity contribution in [3.8, 4) is 0 Å². The summed E-state index contributed by atoms with van der Waals surface area (Å²) in [5.74, 6) is 0. The number of H-pyrrole nitrogens is 1. The molecule has 2 aromatic rings. The molecule has 0 fully saturated rings. The van der Waals surface area contributed by atoms with Crippen molar-refractivity contribution in [2.75, 3.05) is 0 Å². The quantitative estimate of drug-likeness (QED) is 0.430. The first-order valence-corrected chi connectivity index (χ1v) is 4.03. The molecule has 0 saturated heterocycles. The third kappa shape index (κ3) is 1.71. The molecule has 0 spiro atoms. The van der Waals surface area contributed by atoms with Gasteiger partial charge in [0.25, 0.3) is 0 Å². The van der Waals surface area contributed by atoms with Gasteiger partial charge in [-0.1, -0.05) is 18.2 Å². The first-order valence-electron chi connectivity index (χ1n) is 4.03. The molecule has 2 rings (SSSR count). The highest BCUT2D eigenvalue weighted by atomic mass is 17.0. The van der Waals surface area contributed by atoms with Crippen molar-refractivity contribution in [1.29, 1.82) is 0 Å². The van der Waals surface area contributed by atoms with Crippen LogP contribution in [-0.2, 0) is 0 Å². The van der Waals surface area contributed by atoms with E-state index in [1.54, 1.807) is 0 Å². The van der Waals surface area contributed by atoms with Crippen LogP contribution in [0.3, 0.4) is 0 Å². The Morgan fingerprint density at radius 3 is 2.31 bits per heavy atom. The highest BCUT2D eigenvalue weighted by molar-refractivity contribution is 5.84. The van der Waals surface area contributed by atoms with Crippen molar-refractivity contribution in [2.24, 2.45) is 0 Å². The zero-order valence-corrected chi connectivity index (χ0v) is 7.70. The summed E-state index contributed by atoms with van der Waals surface area (Å²) >= 11 is 0. The minimum atomic E-state index is 1.24. The lowest BCUT2D eigenvalue weighted by Gasteiger charge is -1.87. The lowest BCUT2D eigenvalue weighted by molar-refractivity contribution is -0.176. The predicted molar refractivity (Wildman–Crippen MR) is 53.0 cm³/mol. The minimum absolute atomic E-state index is 1.24. The topological polar surface area (TPSA) is 56.2 Å². The SMILES string of the molecule is Cc1[nH]c2ccccc2c1C.OO. The van der Waals surface area contributed by atoms with Gasteiger partial charge in [0.2, 0.25) is 0 Å². The van der Waals surface area contributed by atoms with Gasteiger partial charge in [0.1, 0.15) is 0 Å². The Balaban J connectivity index is 0.000000396. The first-order chi connectivity index (χ1) is 6.29. The molecular weight excluding hydrogens is 166 g/mol. The van der Waals surface area contributed by atoms with Crippen LogP contribution in [0.1, 0.15) is 11.3 Å². The van der Waals surface area contributed by atoms with Crippen molar-refractivity contribution in [3.05, 3.63) is 35.5 Å². The van der Waals surface area contributed by atoms with Crippen molar-refractivity contribution in [3.63, 3.8) is 0 Å². The van der Waals surface area contributed by atoms with Crippen LogP contribution in [0.2, 0.25) is 0 Å². The van der Waals surface area contributed by atoms with Crippen LogP contribution in [0.4, 0.5) is 0 Å². The Hall–Kier alpha value is -1.32. The second-order valence-corrected chi connectivity index (χ2v) is 2.92. The number of nitrogens with one attached hydrogen (secondary N) is 1. The van der Waals surface area contributed by atoms with E-state index < -0.39 is 0 Å². The summed E-state index contributed by atoms with van der Waals surface area (Å²) in [6, 6.07) is 8.38. The third-order valence-corrected chi connectivity index (χ3v) is 2.22. The fourth-order valence-corrected chi connectivity index (χ4v) is 1.42. The zero-order valence-electron chi connectivity index (χ0n) is 7.70. The summed E-state index contributed by atoms with van der Waals surface area (Å²) in [5, 5.41) is 13.3. The molecule has 0 radical (unpaired) electrons. The van der Waals surface area contributed by atoms with Crippen LogP contribution in [0, 0.1) is 13.8 Å². The van der Waals surface area contributed by atoms with E-state index in [2.05, 4.69) is 43.1 Å². The van der Waals surface area contributed by atoms with Crippen LogP contribution in [0.15, 0.2) is 24.3 Å². The highest BCUT2D eigenvalue weighted by Crippen LogP contribution is 2.19. The number of aryl methyl sites for hydroxylation is 2. The largest absolute Gasteiger partial charge is 0.358 e. The Kier molecular flexibility index (Phi) is 3.06. The number of benzene rings is 1. The second kappa shape index (κ2) is 4.07. The summed E-state index contributed by atoms with van der Waals surface area (Å²) in [7, 11) is 0. The van der Waals surface area contributed by atoms with Gasteiger partial charge in [-0.3, -0.25) is 10.5 Å². The fraction of sp³-hybridized carbons (Fsp3) is 0.200. The van der Waals surface area contributed by atoms with Crippen LogP contribution in [0.5, 0.6) is 0 Å². The standard InChI is InChI=1S/C10H11N.H2O2/c1-7-8(2)11-10-6-4-3-5-9(7)10;1-2/h3-6,11H,1-2H3;1-2H. The molecule has 3 nitrogen and oxygen atoms in total. The summed E-state index contributed by atoms with van der Waals surface area (Å²) in [6.45, 7) is 4.25. The first kappa shape index (κ1) is 9.77. The molecule has 0 unspecified atom stereocenters. The van der Waals surface area contributed by atoms with Gasteiger partial charge in [-0.25, -0.2) is 0 Å². The Morgan fingerprint density at radius 2 is 1.69 bits per heavy atom. The summed E-state index contributed by atoms with van der Waals surface area (Å²) < 4.78 is 0. The maximum Gasteiger partial charge on any atom is 0.0458 e. The third-order valence-electron chi connectivity index (χ3n) is 2.22. The van der Waals surface area contributed by atoms with Gasteiger partial charge in [0.05, 0.1) is 0 Å². The molecule has 0 atom stereocenters. The number of fused-ring (bicyclic) bond motifs is 1. The zero-order chi connectivity index (χ0) is 9.84. The summed E-state index contributed by atoms with van der Waals surface area (Å²) in [4.78, 5) is 3.33. The Morgan fingerprint density at radius 1 is 1.08 bits per heavy atom. The fourth-order valence-electron chi connectivity index (χ4n) is 1.42. The smallest absolute Gasteiger partial charge is 0.0458 e. The van der Waals surface area contributed by atoms with Gasteiger partial charge < -0.3 is 4.98 Å². The molecule has 0 aliphatic carbocycles. The number of para-hydroxylation sites is 1. The molecule has 0 aliphatic heterocycles. The maximum absolute atomic E-state index is 6.00. The monoisotopic (exact) mass is 179 g/mol. The molecule has 0 amide bonds. The summed E-state index contributed by atoms with van der Waals surface area (Å²) in [5.41, 5.74) is 3.87. The van der Waals surface area contributed by atoms with Crippen LogP contribution in [0.25, 0.3) is 10.9 Å². The maximum atomic E-state index is 6.00. The molecule has 0 saturated carbocycles. The minimum Gasteiger partial charge on any atom is -0.358 e. The average Bonchev–Trinajstić information content (AvgIpc) is 2.47. The van der Waals surface area contributed by atoms with Crippen molar-refractivity contribution in [1.82, 2.24) is 4.98 Å². The molecule has 3 N–H and O–H groups in total. The van der Waals surface area contributed by atoms with Gasteiger partial charge in [0.15, 0.2) is 0 Å². The van der Waals surface area contributed by atoms with Gasteiger partial charge in [-0.15, -0.1) is 0 Å². The van der Waals surface area contributed by atoms with Crippen molar-refractivity contribution < 1.29 is 10.5 Å². The van der Waals surface area contributed by atoms with Gasteiger partial charge in [-0.2, -0.15) is 0 Å². The molecule has 1 aromatic heterocycles. The number of hydrogen-bond donors (Lipinski definition) is 3. The number of aromatic nitrogens is 1. The average molecular weight is 179 g/mol. The van der Waals surface area contributed by atoms with E-state index in [1.165, 1.54) is 22.2 Å². The van der Waals surface area contributed by atoms with E-state index in [0.29, 0.717) is 0 Å². The normalized spacial score (nSPS) is 9.54. The lowest BCUT2D eigenvalue weighted by atomic mass is 10.2. The molecule has 70 valence electrons. The van der Waals surface area contributed by atoms with Crippen LogP contribution >= 0.6 is 0 Å². The van der Waals surface area contributed by atoms with Gasteiger partial charge in [0, 0.05) is 16.6 Å². The number of aromatic amines is 1. The predicted octanol–water partition coefficient (Wildman–Crippen LogP) is 2.80. The molecule has 1 aromatic carbocycles. The molecule has 1 heterocycles.